The lowest BCUT2D eigenvalue weighted by Gasteiger charge is -2.33. The molecule has 0 aliphatic carbocycles. The Hall–Kier alpha value is -3.46. The van der Waals surface area contributed by atoms with Crippen LogP contribution in [0.2, 0.25) is 0 Å². The van der Waals surface area contributed by atoms with E-state index in [4.69, 9.17) is 21.1 Å². The molecular formula is C19H15ClN2O7. The maximum Gasteiger partial charge on any atom is 0.397 e. The summed E-state index contributed by atoms with van der Waals surface area (Å²) in [5, 5.41) is 23.4. The third-order valence-corrected chi connectivity index (χ3v) is 5.09. The number of halogens is 1. The summed E-state index contributed by atoms with van der Waals surface area (Å²) in [6.07, 6.45) is 0.125. The molecule has 0 saturated carbocycles. The van der Waals surface area contributed by atoms with Crippen LogP contribution < -0.4 is 9.47 Å². The molecule has 10 heteroatoms. The fourth-order valence-corrected chi connectivity index (χ4v) is 3.47. The molecule has 0 spiro atoms. The zero-order chi connectivity index (χ0) is 21.3. The number of Topliss-reactive ketones (excluding diaryl/α,β-unsaturated/α-hetero) is 1. The molecule has 29 heavy (non-hydrogen) atoms. The molecular weight excluding hydrogens is 404 g/mol. The molecule has 1 aliphatic rings. The number of nitro benzene ring substituents is 1. The molecule has 0 N–H and O–H groups in total. The average molecular weight is 419 g/mol. The van der Waals surface area contributed by atoms with Gasteiger partial charge in [0.15, 0.2) is 0 Å². The Morgan fingerprint density at radius 3 is 2.62 bits per heavy atom. The molecule has 0 radical (unpaired) electrons. The van der Waals surface area contributed by atoms with Crippen LogP contribution in [-0.2, 0) is 6.42 Å². The van der Waals surface area contributed by atoms with Crippen LogP contribution in [0, 0.1) is 20.2 Å². The van der Waals surface area contributed by atoms with Crippen LogP contribution in [0.15, 0.2) is 49.1 Å². The van der Waals surface area contributed by atoms with Crippen LogP contribution >= 0.6 is 11.6 Å². The van der Waals surface area contributed by atoms with E-state index in [1.54, 1.807) is 18.2 Å². The highest BCUT2D eigenvalue weighted by Crippen LogP contribution is 2.49. The number of hydrogen-bond acceptors (Lipinski definition) is 7. The highest BCUT2D eigenvalue weighted by molar-refractivity contribution is 6.37. The zero-order valence-corrected chi connectivity index (χ0v) is 15.9. The van der Waals surface area contributed by atoms with Crippen molar-refractivity contribution in [1.29, 1.82) is 0 Å². The smallest absolute Gasteiger partial charge is 0.397 e. The lowest BCUT2D eigenvalue weighted by atomic mass is 9.88. The largest absolute Gasteiger partial charge is 0.497 e. The van der Waals surface area contributed by atoms with Crippen LogP contribution in [0.1, 0.15) is 27.6 Å². The van der Waals surface area contributed by atoms with Crippen molar-refractivity contribution in [3.05, 3.63) is 86.0 Å². The summed E-state index contributed by atoms with van der Waals surface area (Å²) in [5.41, 5.74) is -0.255. The minimum absolute atomic E-state index is 0.0714. The van der Waals surface area contributed by atoms with Crippen molar-refractivity contribution < 1.29 is 24.1 Å². The minimum atomic E-state index is -2.79. The number of allylic oxidation sites excluding steroid dienone is 1. The van der Waals surface area contributed by atoms with Gasteiger partial charge in [0.25, 0.3) is 11.5 Å². The second-order valence-corrected chi connectivity index (χ2v) is 6.80. The SMILES string of the molecule is C=CCc1cccc2c1O[C@@H](c1cc(OC)ccc1[N+](=O)[O-])[C@](Cl)([N+](=O)[O-])C2=O. The fraction of sp³-hybridized carbons (Fsp3) is 0.211. The second-order valence-electron chi connectivity index (χ2n) is 6.23. The predicted octanol–water partition coefficient (Wildman–Crippen LogP) is 3.86. The van der Waals surface area contributed by atoms with Crippen molar-refractivity contribution in [3.8, 4) is 11.5 Å². The lowest BCUT2D eigenvalue weighted by Crippen LogP contribution is -2.51. The van der Waals surface area contributed by atoms with Crippen molar-refractivity contribution >= 4 is 23.1 Å². The number of methoxy groups -OCH3 is 1. The Morgan fingerprint density at radius 2 is 2.03 bits per heavy atom. The van der Waals surface area contributed by atoms with Crippen molar-refractivity contribution in [2.24, 2.45) is 0 Å². The molecule has 2 aromatic carbocycles. The second kappa shape index (κ2) is 7.51. The number of hydrogen-bond donors (Lipinski definition) is 0. The Bertz CT molecular complexity index is 1040. The van der Waals surface area contributed by atoms with Crippen LogP contribution in [0.5, 0.6) is 11.5 Å². The molecule has 2 atom stereocenters. The molecule has 0 amide bonds. The van der Waals surface area contributed by atoms with E-state index in [1.165, 1.54) is 25.3 Å². The molecule has 0 bridgehead atoms. The summed E-state index contributed by atoms with van der Waals surface area (Å²) in [4.78, 5) is 32.0. The van der Waals surface area contributed by atoms with Gasteiger partial charge in [0.1, 0.15) is 11.5 Å². The van der Waals surface area contributed by atoms with Gasteiger partial charge in [0.2, 0.25) is 6.10 Å². The van der Waals surface area contributed by atoms with Gasteiger partial charge in [-0.05, 0) is 41.8 Å². The summed E-state index contributed by atoms with van der Waals surface area (Å²) in [7, 11) is 1.33. The third-order valence-electron chi connectivity index (χ3n) is 4.59. The Labute approximate surface area is 169 Å². The van der Waals surface area contributed by atoms with Crippen molar-refractivity contribution in [1.82, 2.24) is 0 Å². The zero-order valence-electron chi connectivity index (χ0n) is 15.2. The van der Waals surface area contributed by atoms with Gasteiger partial charge >= 0.3 is 5.00 Å². The molecule has 0 fully saturated rings. The molecule has 1 aliphatic heterocycles. The summed E-state index contributed by atoms with van der Waals surface area (Å²) in [6, 6.07) is 8.22. The Morgan fingerprint density at radius 1 is 1.31 bits per heavy atom. The predicted molar refractivity (Wildman–Crippen MR) is 103 cm³/mol. The minimum Gasteiger partial charge on any atom is -0.497 e. The first-order chi connectivity index (χ1) is 13.7. The molecule has 1 heterocycles. The van der Waals surface area contributed by atoms with E-state index in [2.05, 4.69) is 6.58 Å². The summed E-state index contributed by atoms with van der Waals surface area (Å²) in [5.74, 6) is -0.745. The first-order valence-corrected chi connectivity index (χ1v) is 8.73. The highest BCUT2D eigenvalue weighted by Gasteiger charge is 2.63. The summed E-state index contributed by atoms with van der Waals surface area (Å²) in [6.45, 7) is 3.64. The standard InChI is InChI=1S/C19H15ClN2O7/c1-3-5-11-6-4-7-13-16(11)29-18(19(20,17(13)23)22(26)27)14-10-12(28-2)8-9-15(14)21(24)25/h3-4,6-10,18H,1,5H2,2H3/t18-,19+/m0/s1. The topological polar surface area (TPSA) is 122 Å². The first-order valence-electron chi connectivity index (χ1n) is 8.35. The Kier molecular flexibility index (Phi) is 5.25. The summed E-state index contributed by atoms with van der Waals surface area (Å²) >= 11 is 6.23. The van der Waals surface area contributed by atoms with E-state index in [-0.39, 0.29) is 22.6 Å². The molecule has 3 rings (SSSR count). The van der Waals surface area contributed by atoms with Gasteiger partial charge in [-0.2, -0.15) is 0 Å². The number of carbonyl (C=O) groups is 1. The number of nitro groups is 2. The van der Waals surface area contributed by atoms with Crippen LogP contribution in [0.25, 0.3) is 0 Å². The maximum atomic E-state index is 13.1. The maximum absolute atomic E-state index is 13.1. The van der Waals surface area contributed by atoms with Gasteiger partial charge in [0, 0.05) is 6.07 Å². The van der Waals surface area contributed by atoms with Crippen molar-refractivity contribution in [2.45, 2.75) is 17.5 Å². The number of ether oxygens (including phenoxy) is 2. The van der Waals surface area contributed by atoms with Crippen LogP contribution in [-0.4, -0.2) is 27.7 Å². The van der Waals surface area contributed by atoms with Crippen LogP contribution in [0.3, 0.4) is 0 Å². The van der Waals surface area contributed by atoms with Gasteiger partial charge in [-0.3, -0.25) is 25.0 Å². The number of alkyl halides is 1. The summed E-state index contributed by atoms with van der Waals surface area (Å²) < 4.78 is 10.9. The van der Waals surface area contributed by atoms with Crippen LogP contribution in [0.4, 0.5) is 5.69 Å². The van der Waals surface area contributed by atoms with Crippen molar-refractivity contribution in [2.75, 3.05) is 7.11 Å². The van der Waals surface area contributed by atoms with Gasteiger partial charge in [-0.1, -0.05) is 18.2 Å². The average Bonchev–Trinajstić information content (AvgIpc) is 2.70. The van der Waals surface area contributed by atoms with E-state index >= 15 is 0 Å². The van der Waals surface area contributed by atoms with E-state index in [1.807, 2.05) is 0 Å². The molecule has 0 saturated heterocycles. The normalized spacial score (nSPS) is 20.3. The van der Waals surface area contributed by atoms with Gasteiger partial charge < -0.3 is 9.47 Å². The van der Waals surface area contributed by atoms with Gasteiger partial charge in [-0.25, -0.2) is 0 Å². The molecule has 9 nitrogen and oxygen atoms in total. The lowest BCUT2D eigenvalue weighted by molar-refractivity contribution is -0.536. The molecule has 0 unspecified atom stereocenters. The van der Waals surface area contributed by atoms with E-state index in [0.717, 1.165) is 6.07 Å². The highest BCUT2D eigenvalue weighted by atomic mass is 35.5. The van der Waals surface area contributed by atoms with Gasteiger partial charge in [0.05, 0.1) is 28.1 Å². The molecule has 150 valence electrons. The number of carbonyl (C=O) groups excluding carboxylic acids is 1. The number of nitrogens with zero attached hydrogens (tertiary/aromatic N) is 2. The quantitative estimate of drug-likeness (QED) is 0.229. The Balaban J connectivity index is 2.31. The molecule has 2 aromatic rings. The molecule has 0 aromatic heterocycles. The van der Waals surface area contributed by atoms with E-state index in [0.29, 0.717) is 12.0 Å². The van der Waals surface area contributed by atoms with Crippen molar-refractivity contribution in [3.63, 3.8) is 0 Å². The van der Waals surface area contributed by atoms with E-state index in [9.17, 15) is 25.0 Å². The monoisotopic (exact) mass is 418 g/mol. The fourth-order valence-electron chi connectivity index (χ4n) is 3.21. The first kappa shape index (κ1) is 20.3. The number of fused-ring (bicyclic) bond motifs is 1. The number of rotatable bonds is 6. The third kappa shape index (κ3) is 3.19. The number of ketones is 1. The van der Waals surface area contributed by atoms with E-state index < -0.39 is 32.4 Å². The number of benzene rings is 2. The number of para-hydroxylation sites is 1. The van der Waals surface area contributed by atoms with Gasteiger partial charge in [-0.15, -0.1) is 6.58 Å².